The molecule has 0 bridgehead atoms. The predicted octanol–water partition coefficient (Wildman–Crippen LogP) is 2.02. The van der Waals surface area contributed by atoms with Crippen molar-refractivity contribution in [3.8, 4) is 0 Å². The van der Waals surface area contributed by atoms with Gasteiger partial charge in [0.2, 0.25) is 11.8 Å². The first-order chi connectivity index (χ1) is 11.1. The summed E-state index contributed by atoms with van der Waals surface area (Å²) in [7, 11) is 0. The first-order valence-corrected chi connectivity index (χ1v) is 9.41. The molecule has 0 spiro atoms. The fraction of sp³-hybridized carbons (Fsp3) is 0.889. The molecule has 0 aromatic heterocycles. The van der Waals surface area contributed by atoms with Crippen molar-refractivity contribution < 1.29 is 9.59 Å². The van der Waals surface area contributed by atoms with Gasteiger partial charge < -0.3 is 10.2 Å². The normalized spacial score (nSPS) is 23.7. The fourth-order valence-electron chi connectivity index (χ4n) is 3.72. The van der Waals surface area contributed by atoms with Gasteiger partial charge in [0.1, 0.15) is 0 Å². The molecule has 0 unspecified atom stereocenters. The van der Waals surface area contributed by atoms with Crippen LogP contribution in [0.2, 0.25) is 0 Å². The molecule has 2 rings (SSSR count). The van der Waals surface area contributed by atoms with E-state index >= 15 is 0 Å². The molecule has 0 aromatic carbocycles. The predicted molar refractivity (Wildman–Crippen MR) is 92.1 cm³/mol. The number of nitrogens with one attached hydrogen (secondary N) is 1. The zero-order chi connectivity index (χ0) is 16.7. The molecular weight excluding hydrogens is 290 g/mol. The van der Waals surface area contributed by atoms with Gasteiger partial charge in [0.15, 0.2) is 0 Å². The summed E-state index contributed by atoms with van der Waals surface area (Å²) in [6.45, 7) is 8.65. The highest BCUT2D eigenvalue weighted by Gasteiger charge is 2.27. The highest BCUT2D eigenvalue weighted by molar-refractivity contribution is 5.80. The van der Waals surface area contributed by atoms with Crippen LogP contribution in [0.3, 0.4) is 0 Å². The number of carbonyl (C=O) groups excluding carboxylic acids is 2. The van der Waals surface area contributed by atoms with Gasteiger partial charge in [-0.3, -0.25) is 14.5 Å². The summed E-state index contributed by atoms with van der Waals surface area (Å²) in [5.41, 5.74) is 0. The number of nitrogens with zero attached hydrogens (tertiary/aromatic N) is 2. The van der Waals surface area contributed by atoms with Crippen LogP contribution in [0.15, 0.2) is 0 Å². The Labute approximate surface area is 140 Å². The number of amides is 2. The van der Waals surface area contributed by atoms with Gasteiger partial charge in [0.25, 0.3) is 0 Å². The minimum atomic E-state index is 0.0828. The number of rotatable bonds is 6. The van der Waals surface area contributed by atoms with E-state index in [-0.39, 0.29) is 17.7 Å². The lowest BCUT2D eigenvalue weighted by Crippen LogP contribution is -2.46. The van der Waals surface area contributed by atoms with Gasteiger partial charge in [0.05, 0.1) is 0 Å². The molecule has 2 aliphatic rings. The third-order valence-electron chi connectivity index (χ3n) is 5.32. The first kappa shape index (κ1) is 18.2. The molecule has 5 nitrogen and oxygen atoms in total. The van der Waals surface area contributed by atoms with Crippen LogP contribution < -0.4 is 5.32 Å². The summed E-state index contributed by atoms with van der Waals surface area (Å²) < 4.78 is 0. The Kier molecular flexibility index (Phi) is 7.34. The summed E-state index contributed by atoms with van der Waals surface area (Å²) in [4.78, 5) is 28.6. The second-order valence-corrected chi connectivity index (χ2v) is 7.08. The van der Waals surface area contributed by atoms with Gasteiger partial charge in [-0.25, -0.2) is 0 Å². The number of hydrogen-bond acceptors (Lipinski definition) is 3. The van der Waals surface area contributed by atoms with Crippen molar-refractivity contribution in [2.75, 3.05) is 32.7 Å². The molecular formula is C18H33N3O2. The van der Waals surface area contributed by atoms with Gasteiger partial charge in [-0.05, 0) is 45.6 Å². The maximum atomic E-state index is 12.3. The summed E-state index contributed by atoms with van der Waals surface area (Å²) in [5, 5.41) is 3.11. The smallest absolute Gasteiger partial charge is 0.223 e. The maximum absolute atomic E-state index is 12.3. The molecule has 2 saturated heterocycles. The van der Waals surface area contributed by atoms with E-state index in [0.717, 1.165) is 52.0 Å². The third kappa shape index (κ3) is 5.48. The summed E-state index contributed by atoms with van der Waals surface area (Å²) in [6, 6.07) is 0.647. The average Bonchev–Trinajstić information content (AvgIpc) is 2.57. The average molecular weight is 323 g/mol. The van der Waals surface area contributed by atoms with Crippen LogP contribution in [-0.2, 0) is 9.59 Å². The molecule has 0 saturated carbocycles. The van der Waals surface area contributed by atoms with Crippen LogP contribution in [0.1, 0.15) is 58.8 Å². The van der Waals surface area contributed by atoms with E-state index in [0.29, 0.717) is 12.5 Å². The van der Waals surface area contributed by atoms with Crippen LogP contribution in [0, 0.1) is 5.92 Å². The lowest BCUT2D eigenvalue weighted by Gasteiger charge is -2.34. The SMILES string of the molecule is CCCC(=O)N1CCC(C(=O)NCCN2CCCC[C@H]2C)CC1. The van der Waals surface area contributed by atoms with Crippen LogP contribution >= 0.6 is 0 Å². The molecule has 2 heterocycles. The lowest BCUT2D eigenvalue weighted by molar-refractivity contribution is -0.135. The fourth-order valence-corrected chi connectivity index (χ4v) is 3.72. The zero-order valence-electron chi connectivity index (χ0n) is 14.9. The molecule has 0 radical (unpaired) electrons. The molecule has 1 atom stereocenters. The van der Waals surface area contributed by atoms with Gasteiger partial charge in [-0.15, -0.1) is 0 Å². The monoisotopic (exact) mass is 323 g/mol. The van der Waals surface area contributed by atoms with Gasteiger partial charge in [0, 0.05) is 44.6 Å². The Hall–Kier alpha value is -1.10. The number of carbonyl (C=O) groups is 2. The number of likely N-dealkylation sites (tertiary alicyclic amines) is 2. The molecule has 132 valence electrons. The molecule has 2 amide bonds. The standard InChI is InChI=1S/C18H33N3O2/c1-3-6-17(22)21-12-8-16(9-13-21)18(23)19-10-14-20-11-5-4-7-15(20)2/h15-16H,3-14H2,1-2H3,(H,19,23)/t15-/m1/s1. The molecule has 0 aliphatic carbocycles. The second-order valence-electron chi connectivity index (χ2n) is 7.08. The van der Waals surface area contributed by atoms with Crippen molar-refractivity contribution >= 4 is 11.8 Å². The molecule has 1 N–H and O–H groups in total. The van der Waals surface area contributed by atoms with Crippen LogP contribution in [-0.4, -0.2) is 60.4 Å². The largest absolute Gasteiger partial charge is 0.355 e. The Balaban J connectivity index is 1.64. The summed E-state index contributed by atoms with van der Waals surface area (Å²) in [6.07, 6.45) is 7.03. The van der Waals surface area contributed by atoms with E-state index in [1.165, 1.54) is 19.3 Å². The number of hydrogen-bond donors (Lipinski definition) is 1. The Bertz CT molecular complexity index is 392. The minimum absolute atomic E-state index is 0.0828. The second kappa shape index (κ2) is 9.26. The van der Waals surface area contributed by atoms with E-state index in [2.05, 4.69) is 17.1 Å². The van der Waals surface area contributed by atoms with E-state index in [4.69, 9.17) is 0 Å². The van der Waals surface area contributed by atoms with Crippen molar-refractivity contribution in [1.29, 1.82) is 0 Å². The van der Waals surface area contributed by atoms with Crippen molar-refractivity contribution in [2.24, 2.45) is 5.92 Å². The zero-order valence-corrected chi connectivity index (χ0v) is 14.9. The maximum Gasteiger partial charge on any atom is 0.223 e. The van der Waals surface area contributed by atoms with Crippen LogP contribution in [0.4, 0.5) is 0 Å². The van der Waals surface area contributed by atoms with Gasteiger partial charge in [-0.1, -0.05) is 13.3 Å². The topological polar surface area (TPSA) is 52.7 Å². The highest BCUT2D eigenvalue weighted by atomic mass is 16.2. The quantitative estimate of drug-likeness (QED) is 0.813. The first-order valence-electron chi connectivity index (χ1n) is 9.41. The lowest BCUT2D eigenvalue weighted by atomic mass is 9.95. The minimum Gasteiger partial charge on any atom is -0.355 e. The van der Waals surface area contributed by atoms with E-state index in [1.54, 1.807) is 0 Å². The molecule has 5 heteroatoms. The van der Waals surface area contributed by atoms with E-state index < -0.39 is 0 Å². The molecule has 23 heavy (non-hydrogen) atoms. The van der Waals surface area contributed by atoms with Crippen molar-refractivity contribution in [3.05, 3.63) is 0 Å². The van der Waals surface area contributed by atoms with Gasteiger partial charge >= 0.3 is 0 Å². The van der Waals surface area contributed by atoms with Crippen molar-refractivity contribution in [2.45, 2.75) is 64.8 Å². The van der Waals surface area contributed by atoms with Crippen LogP contribution in [0.5, 0.6) is 0 Å². The third-order valence-corrected chi connectivity index (χ3v) is 5.32. The molecule has 2 aliphatic heterocycles. The van der Waals surface area contributed by atoms with E-state index in [9.17, 15) is 9.59 Å². The Morgan fingerprint density at radius 1 is 1.09 bits per heavy atom. The van der Waals surface area contributed by atoms with Crippen LogP contribution in [0.25, 0.3) is 0 Å². The highest BCUT2D eigenvalue weighted by Crippen LogP contribution is 2.18. The van der Waals surface area contributed by atoms with E-state index in [1.807, 2.05) is 11.8 Å². The van der Waals surface area contributed by atoms with Crippen molar-refractivity contribution in [1.82, 2.24) is 15.1 Å². The molecule has 2 fully saturated rings. The van der Waals surface area contributed by atoms with Crippen molar-refractivity contribution in [3.63, 3.8) is 0 Å². The summed E-state index contributed by atoms with van der Waals surface area (Å²) >= 11 is 0. The Morgan fingerprint density at radius 3 is 2.48 bits per heavy atom. The number of piperidine rings is 2. The summed E-state index contributed by atoms with van der Waals surface area (Å²) in [5.74, 6) is 0.502. The Morgan fingerprint density at radius 2 is 1.83 bits per heavy atom. The van der Waals surface area contributed by atoms with Gasteiger partial charge in [-0.2, -0.15) is 0 Å². The molecule has 0 aromatic rings.